The number of alkyl halides is 5. The van der Waals surface area contributed by atoms with Crippen LogP contribution in [0.15, 0.2) is 85.5 Å². The molecule has 5 heteroatoms. The molecule has 0 fully saturated rings. The quantitative estimate of drug-likeness (QED) is 0.253. The van der Waals surface area contributed by atoms with Crippen molar-refractivity contribution in [1.29, 1.82) is 0 Å². The molecule has 0 aromatic heterocycles. The molecular weight excluding hydrogens is 419 g/mol. The molecule has 32 heavy (non-hydrogen) atoms. The van der Waals surface area contributed by atoms with Crippen molar-refractivity contribution in [2.75, 3.05) is 0 Å². The first kappa shape index (κ1) is 25.6. The molecule has 0 amide bonds. The highest BCUT2D eigenvalue weighted by Gasteiger charge is 2.35. The van der Waals surface area contributed by atoms with E-state index in [2.05, 4.69) is 13.2 Å². The maximum atomic E-state index is 13.7. The van der Waals surface area contributed by atoms with Gasteiger partial charge in [0.05, 0.1) is 6.42 Å². The smallest absolute Gasteiger partial charge is 0.207 e. The Morgan fingerprint density at radius 3 is 1.81 bits per heavy atom. The van der Waals surface area contributed by atoms with Crippen LogP contribution in [-0.4, -0.2) is 12.1 Å². The largest absolute Gasteiger partial charge is 0.393 e. The summed E-state index contributed by atoms with van der Waals surface area (Å²) in [6, 6.07) is 13.4. The molecule has 0 heterocycles. The van der Waals surface area contributed by atoms with Crippen molar-refractivity contribution in [3.8, 4) is 0 Å². The highest BCUT2D eigenvalue weighted by molar-refractivity contribution is 5.45. The van der Waals surface area contributed by atoms with Crippen LogP contribution >= 0.6 is 0 Å². The van der Waals surface area contributed by atoms with E-state index in [0.717, 1.165) is 18.1 Å². The van der Waals surface area contributed by atoms with Gasteiger partial charge in [0, 0.05) is 11.8 Å². The lowest BCUT2D eigenvalue weighted by Crippen LogP contribution is -2.28. The Labute approximate surface area is 187 Å². The van der Waals surface area contributed by atoms with E-state index in [0.29, 0.717) is 24.0 Å². The molecule has 2 aromatic rings. The summed E-state index contributed by atoms with van der Waals surface area (Å²) in [6.07, 6.45) is 0.361. The molecule has 0 radical (unpaired) electrons. The lowest BCUT2D eigenvalue weighted by Gasteiger charge is -2.36. The molecule has 0 saturated heterocycles. The number of halogens is 5. The van der Waals surface area contributed by atoms with Gasteiger partial charge in [0.15, 0.2) is 0 Å². The van der Waals surface area contributed by atoms with Crippen molar-refractivity contribution in [3.05, 3.63) is 108 Å². The molecule has 172 valence electrons. The van der Waals surface area contributed by atoms with Crippen LogP contribution in [0, 0.1) is 0 Å². The lowest BCUT2D eigenvalue weighted by molar-refractivity contribution is -0.127. The molecular formula is C27H29F5. The van der Waals surface area contributed by atoms with Crippen LogP contribution in [0.2, 0.25) is 0 Å². The van der Waals surface area contributed by atoms with Crippen LogP contribution in [0.5, 0.6) is 0 Å². The van der Waals surface area contributed by atoms with Crippen molar-refractivity contribution >= 4 is 0 Å². The van der Waals surface area contributed by atoms with Crippen LogP contribution in [0.3, 0.4) is 0 Å². The van der Waals surface area contributed by atoms with Crippen LogP contribution < -0.4 is 0 Å². The van der Waals surface area contributed by atoms with E-state index in [4.69, 9.17) is 0 Å². The molecule has 0 aliphatic rings. The zero-order valence-corrected chi connectivity index (χ0v) is 18.5. The molecule has 0 saturated carbocycles. The van der Waals surface area contributed by atoms with Crippen molar-refractivity contribution in [2.45, 2.75) is 57.0 Å². The van der Waals surface area contributed by atoms with Gasteiger partial charge in [-0.15, -0.1) is 0 Å². The summed E-state index contributed by atoms with van der Waals surface area (Å²) in [7, 11) is 0. The molecule has 1 atom stereocenters. The fourth-order valence-electron chi connectivity index (χ4n) is 4.15. The fourth-order valence-corrected chi connectivity index (χ4v) is 4.15. The first-order chi connectivity index (χ1) is 14.9. The van der Waals surface area contributed by atoms with Crippen LogP contribution in [0.4, 0.5) is 22.0 Å². The number of hydrogen-bond donors (Lipinski definition) is 0. The summed E-state index contributed by atoms with van der Waals surface area (Å²) in [4.78, 5) is 0. The Balaban J connectivity index is 2.69. The zero-order valence-electron chi connectivity index (χ0n) is 18.5. The monoisotopic (exact) mass is 448 g/mol. The van der Waals surface area contributed by atoms with E-state index in [9.17, 15) is 22.0 Å². The third-order valence-electron chi connectivity index (χ3n) is 5.58. The minimum Gasteiger partial charge on any atom is -0.207 e. The van der Waals surface area contributed by atoms with Gasteiger partial charge in [-0.3, -0.25) is 0 Å². The van der Waals surface area contributed by atoms with Crippen molar-refractivity contribution in [1.82, 2.24) is 0 Å². The van der Waals surface area contributed by atoms with Crippen molar-refractivity contribution < 1.29 is 22.0 Å². The van der Waals surface area contributed by atoms with E-state index >= 15 is 0 Å². The number of allylic oxidation sites excluding steroid dienone is 4. The van der Waals surface area contributed by atoms with Gasteiger partial charge in [-0.2, -0.15) is 13.2 Å². The number of rotatable bonds is 10. The van der Waals surface area contributed by atoms with Gasteiger partial charge in [-0.1, -0.05) is 86.8 Å². The fraction of sp³-hybridized carbons (Fsp3) is 0.333. The summed E-state index contributed by atoms with van der Waals surface area (Å²) in [5.74, 6) is -2.87. The Morgan fingerprint density at radius 2 is 1.41 bits per heavy atom. The Bertz CT molecular complexity index is 901. The SMILES string of the molecule is C=C/C=C(\C=C)CC(CC)(c1cccc(CC(C)(F)F)c1)c1cccc(CC(F)(F)F)c1. The second-order valence-corrected chi connectivity index (χ2v) is 8.23. The molecule has 0 aliphatic carbocycles. The van der Waals surface area contributed by atoms with Gasteiger partial charge in [0.25, 0.3) is 0 Å². The first-order valence-corrected chi connectivity index (χ1v) is 10.5. The average molecular weight is 449 g/mol. The molecule has 0 bridgehead atoms. The Kier molecular flexibility index (Phi) is 8.22. The molecule has 2 rings (SSSR count). The van der Waals surface area contributed by atoms with Gasteiger partial charge in [-0.25, -0.2) is 8.78 Å². The topological polar surface area (TPSA) is 0 Å². The first-order valence-electron chi connectivity index (χ1n) is 10.5. The highest BCUT2D eigenvalue weighted by atomic mass is 19.4. The summed E-state index contributed by atoms with van der Waals surface area (Å²) in [5.41, 5.74) is 2.27. The van der Waals surface area contributed by atoms with Gasteiger partial charge in [0.1, 0.15) is 0 Å². The lowest BCUT2D eigenvalue weighted by atomic mass is 9.68. The summed E-state index contributed by atoms with van der Waals surface area (Å²) < 4.78 is 66.5. The minimum absolute atomic E-state index is 0.164. The highest BCUT2D eigenvalue weighted by Crippen LogP contribution is 2.42. The molecule has 2 aromatic carbocycles. The van der Waals surface area contributed by atoms with E-state index in [1.807, 2.05) is 13.0 Å². The average Bonchev–Trinajstić information content (AvgIpc) is 2.69. The molecule has 0 N–H and O–H groups in total. The summed E-state index contributed by atoms with van der Waals surface area (Å²) in [6.45, 7) is 10.4. The van der Waals surface area contributed by atoms with Crippen molar-refractivity contribution in [2.24, 2.45) is 0 Å². The van der Waals surface area contributed by atoms with Gasteiger partial charge < -0.3 is 0 Å². The predicted molar refractivity (Wildman–Crippen MR) is 121 cm³/mol. The van der Waals surface area contributed by atoms with E-state index in [1.54, 1.807) is 54.6 Å². The normalized spacial score (nSPS) is 14.7. The molecule has 0 aliphatic heterocycles. The summed E-state index contributed by atoms with van der Waals surface area (Å²) in [5, 5.41) is 0. The predicted octanol–water partition coefficient (Wildman–Crippen LogP) is 8.37. The van der Waals surface area contributed by atoms with E-state index in [1.165, 1.54) is 6.07 Å². The maximum absolute atomic E-state index is 13.7. The second-order valence-electron chi connectivity index (χ2n) is 8.23. The molecule has 0 spiro atoms. The zero-order chi connectivity index (χ0) is 24.0. The molecule has 1 unspecified atom stereocenters. The van der Waals surface area contributed by atoms with E-state index in [-0.39, 0.29) is 5.56 Å². The van der Waals surface area contributed by atoms with Crippen LogP contribution in [-0.2, 0) is 18.3 Å². The van der Waals surface area contributed by atoms with E-state index < -0.39 is 30.4 Å². The van der Waals surface area contributed by atoms with Crippen molar-refractivity contribution in [3.63, 3.8) is 0 Å². The third-order valence-corrected chi connectivity index (χ3v) is 5.58. The minimum atomic E-state index is -4.32. The number of benzene rings is 2. The van der Waals surface area contributed by atoms with Crippen LogP contribution in [0.1, 0.15) is 48.9 Å². The summed E-state index contributed by atoms with van der Waals surface area (Å²) >= 11 is 0. The van der Waals surface area contributed by atoms with Gasteiger partial charge in [0.2, 0.25) is 5.92 Å². The molecule has 0 nitrogen and oxygen atoms in total. The standard InChI is InChI=1S/C27H29F5/c1-5-10-20(6-2)18-26(7-3,23-13-8-11-21(15-23)17-25(4,28)29)24-14-9-12-22(16-24)19-27(30,31)32/h5-6,8-16H,1-2,7,17-19H2,3-4H3/b20-10+. The van der Waals surface area contributed by atoms with Gasteiger partial charge >= 0.3 is 6.18 Å². The van der Waals surface area contributed by atoms with Gasteiger partial charge in [-0.05, 0) is 47.6 Å². The Morgan fingerprint density at radius 1 is 0.875 bits per heavy atom. The Hall–Kier alpha value is -2.69. The maximum Gasteiger partial charge on any atom is 0.393 e. The third kappa shape index (κ3) is 6.91. The second kappa shape index (κ2) is 10.3. The number of hydrogen-bond acceptors (Lipinski definition) is 0. The van der Waals surface area contributed by atoms with Crippen LogP contribution in [0.25, 0.3) is 0 Å².